The topological polar surface area (TPSA) is 206 Å². The number of carbonyl (C=O) groups excluding carboxylic acids is 5. The maximum Gasteiger partial charge on any atom is 0.326 e. The van der Waals surface area contributed by atoms with E-state index in [4.69, 9.17) is 10.5 Å². The maximum absolute atomic E-state index is 14.1. The normalized spacial score (nSPS) is 20.1. The average Bonchev–Trinajstić information content (AvgIpc) is 3.14. The molecule has 4 aromatic carbocycles. The summed E-state index contributed by atoms with van der Waals surface area (Å²) in [5.41, 5.74) is 9.22. The fraction of sp³-hybridized carbons (Fsp3) is 0.231. The van der Waals surface area contributed by atoms with Crippen molar-refractivity contribution in [2.75, 3.05) is 6.61 Å². The first-order valence-corrected chi connectivity index (χ1v) is 16.7. The van der Waals surface area contributed by atoms with Gasteiger partial charge in [-0.3, -0.25) is 24.0 Å². The van der Waals surface area contributed by atoms with E-state index in [1.54, 1.807) is 54.6 Å². The Morgan fingerprint density at radius 1 is 0.635 bits per heavy atom. The van der Waals surface area contributed by atoms with Gasteiger partial charge < -0.3 is 36.8 Å². The summed E-state index contributed by atoms with van der Waals surface area (Å²) in [6.45, 7) is -0.519. The molecule has 13 heteroatoms. The van der Waals surface area contributed by atoms with E-state index in [1.807, 2.05) is 42.5 Å². The van der Waals surface area contributed by atoms with Gasteiger partial charge in [0.1, 0.15) is 29.9 Å². The van der Waals surface area contributed by atoms with Gasteiger partial charge in [-0.25, -0.2) is 4.79 Å². The average molecular weight is 706 g/mol. The van der Waals surface area contributed by atoms with Gasteiger partial charge in [0, 0.05) is 19.3 Å². The van der Waals surface area contributed by atoms with E-state index in [9.17, 15) is 33.9 Å². The number of hydrogen-bond donors (Lipinski definition) is 6. The summed E-state index contributed by atoms with van der Waals surface area (Å²) in [7, 11) is 0. The minimum absolute atomic E-state index is 0.00356. The van der Waals surface area contributed by atoms with E-state index in [2.05, 4.69) is 21.3 Å². The molecule has 0 radical (unpaired) electrons. The van der Waals surface area contributed by atoms with Gasteiger partial charge in [0.15, 0.2) is 6.61 Å². The summed E-state index contributed by atoms with van der Waals surface area (Å²) in [6, 6.07) is 26.7. The van der Waals surface area contributed by atoms with Crippen molar-refractivity contribution in [1.29, 1.82) is 0 Å². The first-order chi connectivity index (χ1) is 25.0. The summed E-state index contributed by atoms with van der Waals surface area (Å²) in [5.74, 6) is -5.00. The predicted molar refractivity (Wildman–Crippen MR) is 191 cm³/mol. The molecule has 0 fully saturated rings. The number of carboxylic acids is 1. The summed E-state index contributed by atoms with van der Waals surface area (Å²) >= 11 is 0. The molecule has 52 heavy (non-hydrogen) atoms. The third-order valence-corrected chi connectivity index (χ3v) is 8.45. The molecule has 4 atom stereocenters. The van der Waals surface area contributed by atoms with Crippen LogP contribution in [-0.2, 0) is 48.0 Å². The van der Waals surface area contributed by atoms with Crippen molar-refractivity contribution in [3.8, 4) is 16.9 Å². The lowest BCUT2D eigenvalue weighted by Gasteiger charge is -2.26. The monoisotopic (exact) mass is 705 g/mol. The Hall–Kier alpha value is -6.50. The Morgan fingerprint density at radius 2 is 1.15 bits per heavy atom. The third kappa shape index (κ3) is 10.5. The van der Waals surface area contributed by atoms with Crippen LogP contribution in [-0.4, -0.2) is 71.4 Å². The SMILES string of the molecule is NC(=O)CC1NC(=O)COc2ccc(cc2)CC(C(=O)O)NC(=O)C(Cc2ccccc2)NC(=O)C(Cc2ccc(-c3ccccc3)cc2)NC1=O. The van der Waals surface area contributed by atoms with Gasteiger partial charge in [-0.15, -0.1) is 0 Å². The number of rotatable bonds is 8. The second-order valence-corrected chi connectivity index (χ2v) is 12.4. The largest absolute Gasteiger partial charge is 0.484 e. The van der Waals surface area contributed by atoms with E-state index >= 15 is 0 Å². The van der Waals surface area contributed by atoms with Crippen LogP contribution in [0.25, 0.3) is 11.1 Å². The van der Waals surface area contributed by atoms with E-state index in [1.165, 1.54) is 12.1 Å². The number of benzene rings is 4. The highest BCUT2D eigenvalue weighted by Gasteiger charge is 2.32. The van der Waals surface area contributed by atoms with Gasteiger partial charge in [0.05, 0.1) is 6.42 Å². The molecule has 0 aliphatic carbocycles. The van der Waals surface area contributed by atoms with Crippen molar-refractivity contribution in [2.45, 2.75) is 49.9 Å². The molecule has 13 nitrogen and oxygen atoms in total. The quantitative estimate of drug-likeness (QED) is 0.148. The number of carboxylic acid groups (broad SMARTS) is 1. The zero-order valence-electron chi connectivity index (χ0n) is 28.1. The van der Waals surface area contributed by atoms with Crippen molar-refractivity contribution in [3.63, 3.8) is 0 Å². The molecule has 4 aromatic rings. The lowest BCUT2D eigenvalue weighted by molar-refractivity contribution is -0.142. The van der Waals surface area contributed by atoms with Crippen molar-refractivity contribution in [3.05, 3.63) is 126 Å². The minimum atomic E-state index is -1.45. The first kappa shape index (κ1) is 36.8. The second-order valence-electron chi connectivity index (χ2n) is 12.4. The molecular weight excluding hydrogens is 666 g/mol. The van der Waals surface area contributed by atoms with E-state index < -0.39 is 72.7 Å². The van der Waals surface area contributed by atoms with Gasteiger partial charge in [-0.2, -0.15) is 0 Å². The molecule has 0 aromatic heterocycles. The van der Waals surface area contributed by atoms with Crippen LogP contribution in [0.3, 0.4) is 0 Å². The van der Waals surface area contributed by atoms with E-state index in [0.29, 0.717) is 16.7 Å². The minimum Gasteiger partial charge on any atom is -0.484 e. The molecule has 268 valence electrons. The lowest BCUT2D eigenvalue weighted by atomic mass is 9.99. The molecule has 0 saturated heterocycles. The maximum atomic E-state index is 14.1. The lowest BCUT2D eigenvalue weighted by Crippen LogP contribution is -2.59. The molecule has 2 heterocycles. The van der Waals surface area contributed by atoms with Gasteiger partial charge in [0.2, 0.25) is 23.6 Å². The number of primary amides is 1. The van der Waals surface area contributed by atoms with Crippen molar-refractivity contribution >= 4 is 35.5 Å². The number of hydrogen-bond acceptors (Lipinski definition) is 7. The highest BCUT2D eigenvalue weighted by atomic mass is 16.5. The number of aliphatic carboxylic acids is 1. The zero-order valence-corrected chi connectivity index (χ0v) is 28.1. The number of amides is 5. The Morgan fingerprint density at radius 3 is 1.73 bits per heavy atom. The zero-order chi connectivity index (χ0) is 37.0. The Labute approximate surface area is 299 Å². The fourth-order valence-electron chi connectivity index (χ4n) is 5.74. The first-order valence-electron chi connectivity index (χ1n) is 16.7. The Balaban J connectivity index is 1.49. The summed E-state index contributed by atoms with van der Waals surface area (Å²) in [4.78, 5) is 78.7. The molecule has 6 rings (SSSR count). The number of carbonyl (C=O) groups is 6. The summed E-state index contributed by atoms with van der Waals surface area (Å²) in [5, 5.41) is 20.4. The molecule has 7 N–H and O–H groups in total. The highest BCUT2D eigenvalue weighted by Crippen LogP contribution is 2.20. The Bertz CT molecular complexity index is 1890. The van der Waals surface area contributed by atoms with Crippen LogP contribution in [0.15, 0.2) is 109 Å². The van der Waals surface area contributed by atoms with Gasteiger partial charge in [-0.05, 0) is 39.9 Å². The molecule has 2 aliphatic rings. The van der Waals surface area contributed by atoms with Crippen molar-refractivity contribution < 1.29 is 38.6 Å². The molecule has 0 spiro atoms. The fourth-order valence-corrected chi connectivity index (χ4v) is 5.74. The Kier molecular flexibility index (Phi) is 12.3. The highest BCUT2D eigenvalue weighted by molar-refractivity contribution is 5.96. The molecule has 2 aliphatic heterocycles. The van der Waals surface area contributed by atoms with Crippen molar-refractivity contribution in [1.82, 2.24) is 21.3 Å². The molecule has 5 amide bonds. The predicted octanol–water partition coefficient (Wildman–Crippen LogP) is 1.67. The van der Waals surface area contributed by atoms with Crippen LogP contribution >= 0.6 is 0 Å². The number of nitrogens with one attached hydrogen (secondary N) is 4. The molecule has 0 saturated carbocycles. The van der Waals surface area contributed by atoms with Crippen LogP contribution in [0.2, 0.25) is 0 Å². The van der Waals surface area contributed by atoms with Crippen LogP contribution in [0.1, 0.15) is 23.1 Å². The molecule has 2 bridgehead atoms. The molecular formula is C39H39N5O8. The van der Waals surface area contributed by atoms with Crippen LogP contribution in [0.5, 0.6) is 5.75 Å². The summed E-state index contributed by atoms with van der Waals surface area (Å²) in [6.07, 6.45) is -0.690. The van der Waals surface area contributed by atoms with E-state index in [-0.39, 0.29) is 25.0 Å². The van der Waals surface area contributed by atoms with Gasteiger partial charge in [-0.1, -0.05) is 97.1 Å². The van der Waals surface area contributed by atoms with Gasteiger partial charge >= 0.3 is 5.97 Å². The van der Waals surface area contributed by atoms with Crippen LogP contribution in [0.4, 0.5) is 0 Å². The third-order valence-electron chi connectivity index (χ3n) is 8.45. The second kappa shape index (κ2) is 17.4. The van der Waals surface area contributed by atoms with Crippen molar-refractivity contribution in [2.24, 2.45) is 5.73 Å². The van der Waals surface area contributed by atoms with Crippen LogP contribution < -0.4 is 31.7 Å². The van der Waals surface area contributed by atoms with E-state index in [0.717, 1.165) is 11.1 Å². The summed E-state index contributed by atoms with van der Waals surface area (Å²) < 4.78 is 5.54. The number of nitrogens with two attached hydrogens (primary N) is 1. The number of ether oxygens (including phenoxy) is 1. The van der Waals surface area contributed by atoms with Gasteiger partial charge in [0.25, 0.3) is 5.91 Å². The molecule has 4 unspecified atom stereocenters. The smallest absolute Gasteiger partial charge is 0.326 e. The number of fused-ring (bicyclic) bond motifs is 16. The van der Waals surface area contributed by atoms with Crippen LogP contribution in [0, 0.1) is 0 Å². The standard InChI is InChI=1S/C39H39N5O8/c40-34(45)22-32-38(49)43-31(20-25-11-15-28(16-12-25)27-9-5-2-6-10-27)36(47)42-30(19-24-7-3-1-4-8-24)37(48)44-33(39(50)51)21-26-13-17-29(18-14-26)52-23-35(46)41-32/h1-18,30-33H,19-23H2,(H2,40,45)(H,41,46)(H,42,47)(H,43,49)(H,44,48)(H,50,51).